The average Bonchev–Trinajstić information content (AvgIpc) is 3.28. The smallest absolute Gasteiger partial charge is 0.268 e. The van der Waals surface area contributed by atoms with Gasteiger partial charge in [-0.15, -0.1) is 23.1 Å². The first kappa shape index (κ1) is 18.0. The number of nitrogens with zero attached hydrogens (tertiary/aromatic N) is 1. The van der Waals surface area contributed by atoms with E-state index in [-0.39, 0.29) is 11.8 Å². The third-order valence-electron chi connectivity index (χ3n) is 4.13. The first-order valence-corrected chi connectivity index (χ1v) is 10.5. The molecular weight excluding hydrogens is 398 g/mol. The summed E-state index contributed by atoms with van der Waals surface area (Å²) < 4.78 is 0. The summed E-state index contributed by atoms with van der Waals surface area (Å²) in [5, 5.41) is 2.27. The van der Waals surface area contributed by atoms with Gasteiger partial charge in [-0.2, -0.15) is 0 Å². The molecular formula is C21H14ClNO2S2. The zero-order valence-electron chi connectivity index (χ0n) is 14.1. The van der Waals surface area contributed by atoms with E-state index in [1.165, 1.54) is 28.0 Å². The van der Waals surface area contributed by atoms with Crippen LogP contribution in [-0.2, 0) is 15.3 Å². The van der Waals surface area contributed by atoms with Crippen LogP contribution in [0.4, 0.5) is 5.69 Å². The zero-order valence-corrected chi connectivity index (χ0v) is 16.5. The second kappa shape index (κ2) is 7.72. The van der Waals surface area contributed by atoms with Gasteiger partial charge in [-0.25, -0.2) is 4.90 Å². The molecule has 0 N–H and O–H groups in total. The number of thiophene rings is 1. The van der Waals surface area contributed by atoms with Gasteiger partial charge in [-0.05, 0) is 29.1 Å². The molecule has 1 aliphatic heterocycles. The third kappa shape index (κ3) is 3.46. The molecule has 0 bridgehead atoms. The van der Waals surface area contributed by atoms with Crippen molar-refractivity contribution in [2.45, 2.75) is 5.75 Å². The molecule has 1 aromatic heterocycles. The monoisotopic (exact) mass is 411 g/mol. The van der Waals surface area contributed by atoms with E-state index in [9.17, 15) is 9.59 Å². The number of amides is 2. The van der Waals surface area contributed by atoms with E-state index in [4.69, 9.17) is 11.6 Å². The van der Waals surface area contributed by atoms with Crippen LogP contribution in [0.1, 0.15) is 10.4 Å². The minimum atomic E-state index is -0.328. The molecule has 0 saturated carbocycles. The Kier molecular flexibility index (Phi) is 5.16. The molecule has 0 fully saturated rings. The van der Waals surface area contributed by atoms with Crippen molar-refractivity contribution in [3.8, 4) is 0 Å². The Bertz CT molecular complexity index is 1030. The van der Waals surface area contributed by atoms with Crippen molar-refractivity contribution >= 4 is 57.8 Å². The maximum Gasteiger partial charge on any atom is 0.272 e. The number of carbonyl (C=O) groups excluding carboxylic acids is 2. The molecule has 27 heavy (non-hydrogen) atoms. The second-order valence-corrected chi connectivity index (χ2v) is 8.19. The van der Waals surface area contributed by atoms with E-state index >= 15 is 0 Å². The highest BCUT2D eigenvalue weighted by Gasteiger charge is 2.41. The van der Waals surface area contributed by atoms with Crippen LogP contribution < -0.4 is 4.90 Å². The van der Waals surface area contributed by atoms with E-state index in [0.29, 0.717) is 26.9 Å². The quantitative estimate of drug-likeness (QED) is 0.511. The summed E-state index contributed by atoms with van der Waals surface area (Å²) in [6.45, 7) is 0. The zero-order chi connectivity index (χ0) is 18.8. The molecule has 0 saturated heterocycles. The summed E-state index contributed by atoms with van der Waals surface area (Å²) in [5.74, 6) is -0.0380. The maximum atomic E-state index is 13.2. The molecule has 0 spiro atoms. The highest BCUT2D eigenvalue weighted by Crippen LogP contribution is 2.42. The molecule has 6 heteroatoms. The van der Waals surface area contributed by atoms with E-state index in [0.717, 1.165) is 10.4 Å². The lowest BCUT2D eigenvalue weighted by molar-refractivity contribution is -0.119. The van der Waals surface area contributed by atoms with E-state index in [2.05, 4.69) is 0 Å². The Hall–Kier alpha value is -2.34. The van der Waals surface area contributed by atoms with E-state index in [1.807, 2.05) is 47.8 Å². The van der Waals surface area contributed by atoms with Crippen molar-refractivity contribution < 1.29 is 9.59 Å². The third-order valence-corrected chi connectivity index (χ3v) is 6.48. The van der Waals surface area contributed by atoms with Gasteiger partial charge >= 0.3 is 0 Å². The Morgan fingerprint density at radius 1 is 0.889 bits per heavy atom. The SMILES string of the molecule is O=C1C(SCc2ccccc2)=C(c2cccs2)C(=O)N1c1ccccc1Cl. The topological polar surface area (TPSA) is 37.4 Å². The number of anilines is 1. The van der Waals surface area contributed by atoms with Gasteiger partial charge in [-0.3, -0.25) is 9.59 Å². The molecule has 2 amide bonds. The summed E-state index contributed by atoms with van der Waals surface area (Å²) in [4.78, 5) is 28.8. The number of carbonyl (C=O) groups is 2. The number of para-hydroxylation sites is 1. The fraction of sp³-hybridized carbons (Fsp3) is 0.0476. The first-order valence-electron chi connectivity index (χ1n) is 8.25. The molecule has 3 nitrogen and oxygen atoms in total. The van der Waals surface area contributed by atoms with Gasteiger partial charge in [0, 0.05) is 10.6 Å². The molecule has 134 valence electrons. The van der Waals surface area contributed by atoms with Gasteiger partial charge in [0.2, 0.25) is 0 Å². The Balaban J connectivity index is 1.73. The molecule has 4 rings (SSSR count). The van der Waals surface area contributed by atoms with Crippen molar-refractivity contribution in [2.75, 3.05) is 4.90 Å². The van der Waals surface area contributed by atoms with Gasteiger partial charge in [0.25, 0.3) is 11.8 Å². The van der Waals surface area contributed by atoms with E-state index < -0.39 is 0 Å². The molecule has 0 radical (unpaired) electrons. The van der Waals surface area contributed by atoms with Crippen LogP contribution in [0.5, 0.6) is 0 Å². The summed E-state index contributed by atoms with van der Waals surface area (Å²) in [6.07, 6.45) is 0. The van der Waals surface area contributed by atoms with Gasteiger partial charge in [-0.1, -0.05) is 60.1 Å². The first-order chi connectivity index (χ1) is 13.2. The summed E-state index contributed by atoms with van der Waals surface area (Å²) in [5.41, 5.74) is 1.96. The van der Waals surface area contributed by atoms with Crippen molar-refractivity contribution in [2.24, 2.45) is 0 Å². The molecule has 0 aliphatic carbocycles. The standard InChI is InChI=1S/C21H14ClNO2S2/c22-15-9-4-5-10-16(15)23-20(24)18(17-11-6-12-26-17)19(21(23)25)27-13-14-7-2-1-3-8-14/h1-12H,13H2. The lowest BCUT2D eigenvalue weighted by Crippen LogP contribution is -2.31. The summed E-state index contributed by atoms with van der Waals surface area (Å²) >= 11 is 9.10. The molecule has 0 atom stereocenters. The minimum Gasteiger partial charge on any atom is -0.268 e. The van der Waals surface area contributed by atoms with Gasteiger partial charge in [0.15, 0.2) is 0 Å². The van der Waals surface area contributed by atoms with Crippen molar-refractivity contribution in [1.29, 1.82) is 0 Å². The highest BCUT2D eigenvalue weighted by molar-refractivity contribution is 8.03. The van der Waals surface area contributed by atoms with Crippen LogP contribution in [0.2, 0.25) is 5.02 Å². The van der Waals surface area contributed by atoms with Crippen LogP contribution in [-0.4, -0.2) is 11.8 Å². The van der Waals surface area contributed by atoms with Crippen LogP contribution >= 0.6 is 34.7 Å². The normalized spacial score (nSPS) is 14.3. The molecule has 2 heterocycles. The highest BCUT2D eigenvalue weighted by atomic mass is 35.5. The Morgan fingerprint density at radius 2 is 1.63 bits per heavy atom. The van der Waals surface area contributed by atoms with Crippen molar-refractivity contribution in [3.05, 3.63) is 92.5 Å². The number of halogens is 1. The van der Waals surface area contributed by atoms with Gasteiger partial charge in [0.1, 0.15) is 0 Å². The summed E-state index contributed by atoms with van der Waals surface area (Å²) in [6, 6.07) is 20.5. The number of thioether (sulfide) groups is 1. The Labute approximate surface area is 170 Å². The number of imide groups is 1. The van der Waals surface area contributed by atoms with Crippen molar-refractivity contribution in [3.63, 3.8) is 0 Å². The minimum absolute atomic E-state index is 0.322. The largest absolute Gasteiger partial charge is 0.272 e. The van der Waals surface area contributed by atoms with Crippen molar-refractivity contribution in [1.82, 2.24) is 0 Å². The molecule has 2 aromatic carbocycles. The van der Waals surface area contributed by atoms with Crippen LogP contribution in [0.15, 0.2) is 77.0 Å². The molecule has 3 aromatic rings. The van der Waals surface area contributed by atoms with Gasteiger partial charge in [0.05, 0.1) is 21.2 Å². The van der Waals surface area contributed by atoms with Crippen LogP contribution in [0, 0.1) is 0 Å². The number of benzene rings is 2. The van der Waals surface area contributed by atoms with Gasteiger partial charge < -0.3 is 0 Å². The second-order valence-electron chi connectivity index (χ2n) is 5.85. The predicted octanol–water partition coefficient (Wildman–Crippen LogP) is 5.62. The fourth-order valence-electron chi connectivity index (χ4n) is 2.86. The van der Waals surface area contributed by atoms with Crippen LogP contribution in [0.25, 0.3) is 5.57 Å². The maximum absolute atomic E-state index is 13.2. The molecule has 1 aliphatic rings. The number of hydrogen-bond acceptors (Lipinski definition) is 4. The van der Waals surface area contributed by atoms with Crippen LogP contribution in [0.3, 0.4) is 0 Å². The molecule has 0 unspecified atom stereocenters. The van der Waals surface area contributed by atoms with E-state index in [1.54, 1.807) is 24.3 Å². The summed E-state index contributed by atoms with van der Waals surface area (Å²) in [7, 11) is 0. The lowest BCUT2D eigenvalue weighted by atomic mass is 10.2. The number of hydrogen-bond donors (Lipinski definition) is 0. The fourth-order valence-corrected chi connectivity index (χ4v) is 4.98. The Morgan fingerprint density at radius 3 is 2.33 bits per heavy atom. The average molecular weight is 412 g/mol. The predicted molar refractivity (Wildman–Crippen MR) is 113 cm³/mol. The lowest BCUT2D eigenvalue weighted by Gasteiger charge is -2.16. The number of rotatable bonds is 5.